The number of imide groups is 1. The third kappa shape index (κ3) is 3.92. The van der Waals surface area contributed by atoms with Gasteiger partial charge in [0, 0.05) is 50.8 Å². The number of amides is 3. The van der Waals surface area contributed by atoms with Crippen LogP contribution in [0.15, 0.2) is 30.6 Å². The van der Waals surface area contributed by atoms with Crippen molar-refractivity contribution in [3.05, 3.63) is 36.4 Å². The normalized spacial score (nSPS) is 18.7. The molecule has 1 unspecified atom stereocenters. The van der Waals surface area contributed by atoms with Gasteiger partial charge in [-0.1, -0.05) is 0 Å². The van der Waals surface area contributed by atoms with Gasteiger partial charge in [0.2, 0.25) is 12.7 Å². The summed E-state index contributed by atoms with van der Waals surface area (Å²) in [6.07, 6.45) is 3.61. The number of carbonyl (C=O) groups excluding carboxylic acids is 2. The van der Waals surface area contributed by atoms with E-state index in [1.54, 1.807) is 24.4 Å². The Morgan fingerprint density at radius 3 is 3.00 bits per heavy atom. The van der Waals surface area contributed by atoms with E-state index in [0.29, 0.717) is 30.3 Å². The average Bonchev–Trinajstić information content (AvgIpc) is 3.30. The molecular formula is C18H22N6O4. The number of fused-ring (bicyclic) bond motifs is 1. The molecule has 4 rings (SSSR count). The molecule has 3 N–H and O–H groups in total. The Balaban J connectivity index is 1.34. The maximum atomic E-state index is 12.4. The molecule has 2 aliphatic heterocycles. The van der Waals surface area contributed by atoms with Gasteiger partial charge in [-0.15, -0.1) is 0 Å². The van der Waals surface area contributed by atoms with Gasteiger partial charge >= 0.3 is 6.03 Å². The van der Waals surface area contributed by atoms with Gasteiger partial charge in [0.15, 0.2) is 11.5 Å². The van der Waals surface area contributed by atoms with E-state index in [4.69, 9.17) is 9.47 Å². The monoisotopic (exact) mass is 386 g/mol. The van der Waals surface area contributed by atoms with Crippen LogP contribution in [0.25, 0.3) is 0 Å². The van der Waals surface area contributed by atoms with Crippen molar-refractivity contribution in [1.82, 2.24) is 25.1 Å². The third-order valence-corrected chi connectivity index (χ3v) is 4.74. The Kier molecular flexibility index (Phi) is 5.13. The zero-order valence-corrected chi connectivity index (χ0v) is 15.5. The molecule has 3 heterocycles. The summed E-state index contributed by atoms with van der Waals surface area (Å²) in [6, 6.07) is 4.42. The maximum absolute atomic E-state index is 12.4. The first kappa shape index (κ1) is 18.3. The average molecular weight is 386 g/mol. The number of hydrogen-bond acceptors (Lipinski definition) is 7. The largest absolute Gasteiger partial charge is 0.454 e. The predicted octanol–water partition coefficient (Wildman–Crippen LogP) is 0.443. The Morgan fingerprint density at radius 1 is 1.32 bits per heavy atom. The lowest BCUT2D eigenvalue weighted by molar-refractivity contribution is -0.121. The maximum Gasteiger partial charge on any atom is 0.325 e. The summed E-state index contributed by atoms with van der Waals surface area (Å²) in [5, 5.41) is 8.33. The number of benzene rings is 1. The molecule has 2 aromatic rings. The number of anilines is 1. The molecule has 0 aliphatic carbocycles. The number of carbonyl (C=O) groups is 2. The fraction of sp³-hybridized carbons (Fsp3) is 0.389. The fourth-order valence-electron chi connectivity index (χ4n) is 3.38. The first-order valence-corrected chi connectivity index (χ1v) is 9.02. The SMILES string of the molecule is Cn1ccnc1C1CNCCN1CC(=O)NC(=O)Nc1ccc2c(c1)OCO2. The standard InChI is InChI=1S/C18H22N6O4/c1-23-6-5-20-17(23)13-9-19-4-7-24(13)10-16(25)22-18(26)21-12-2-3-14-15(8-12)28-11-27-14/h2-3,5-6,8,13,19H,4,7,9-11H2,1H3,(H2,21,22,25,26). The zero-order valence-electron chi connectivity index (χ0n) is 15.5. The van der Waals surface area contributed by atoms with Crippen molar-refractivity contribution in [3.63, 3.8) is 0 Å². The number of aromatic nitrogens is 2. The van der Waals surface area contributed by atoms with Crippen molar-refractivity contribution in [2.75, 3.05) is 38.3 Å². The van der Waals surface area contributed by atoms with Crippen LogP contribution in [-0.2, 0) is 11.8 Å². The summed E-state index contributed by atoms with van der Waals surface area (Å²) in [4.78, 5) is 31.0. The fourth-order valence-corrected chi connectivity index (χ4v) is 3.38. The molecule has 1 aromatic heterocycles. The molecule has 0 saturated carbocycles. The molecule has 0 spiro atoms. The van der Waals surface area contributed by atoms with Crippen LogP contribution in [0.4, 0.5) is 10.5 Å². The Labute approximate surface area is 161 Å². The lowest BCUT2D eigenvalue weighted by Gasteiger charge is -2.35. The molecule has 1 atom stereocenters. The van der Waals surface area contributed by atoms with E-state index < -0.39 is 6.03 Å². The molecule has 10 nitrogen and oxygen atoms in total. The highest BCUT2D eigenvalue weighted by atomic mass is 16.7. The Bertz CT molecular complexity index is 883. The molecule has 10 heteroatoms. The van der Waals surface area contributed by atoms with Crippen LogP contribution < -0.4 is 25.4 Å². The van der Waals surface area contributed by atoms with Gasteiger partial charge in [-0.3, -0.25) is 15.0 Å². The van der Waals surface area contributed by atoms with Crippen molar-refractivity contribution in [3.8, 4) is 11.5 Å². The van der Waals surface area contributed by atoms with Gasteiger partial charge in [-0.2, -0.15) is 0 Å². The molecule has 2 aliphatic rings. The van der Waals surface area contributed by atoms with E-state index in [-0.39, 0.29) is 25.3 Å². The summed E-state index contributed by atoms with van der Waals surface area (Å²) in [7, 11) is 1.92. The molecule has 148 valence electrons. The van der Waals surface area contributed by atoms with Crippen molar-refractivity contribution in [2.45, 2.75) is 6.04 Å². The second-order valence-electron chi connectivity index (χ2n) is 6.66. The van der Waals surface area contributed by atoms with Gasteiger partial charge in [-0.25, -0.2) is 9.78 Å². The van der Waals surface area contributed by atoms with Gasteiger partial charge in [0.25, 0.3) is 0 Å². The number of rotatable bonds is 4. The number of aryl methyl sites for hydroxylation is 1. The number of urea groups is 1. The van der Waals surface area contributed by atoms with Gasteiger partial charge in [-0.05, 0) is 12.1 Å². The molecule has 0 bridgehead atoms. The number of imidazole rings is 1. The van der Waals surface area contributed by atoms with Crippen LogP contribution in [0, 0.1) is 0 Å². The van der Waals surface area contributed by atoms with E-state index in [2.05, 4.69) is 20.9 Å². The minimum Gasteiger partial charge on any atom is -0.454 e. The smallest absolute Gasteiger partial charge is 0.325 e. The van der Waals surface area contributed by atoms with Crippen molar-refractivity contribution in [1.29, 1.82) is 0 Å². The summed E-state index contributed by atoms with van der Waals surface area (Å²) in [6.45, 7) is 2.42. The number of hydrogen-bond donors (Lipinski definition) is 3. The Morgan fingerprint density at radius 2 is 2.18 bits per heavy atom. The highest BCUT2D eigenvalue weighted by molar-refractivity contribution is 6.01. The predicted molar refractivity (Wildman–Crippen MR) is 100 cm³/mol. The lowest BCUT2D eigenvalue weighted by Crippen LogP contribution is -2.51. The third-order valence-electron chi connectivity index (χ3n) is 4.74. The van der Waals surface area contributed by atoms with Crippen LogP contribution in [-0.4, -0.2) is 59.4 Å². The zero-order chi connectivity index (χ0) is 19.5. The van der Waals surface area contributed by atoms with Crippen LogP contribution in [0.5, 0.6) is 11.5 Å². The number of piperazine rings is 1. The quantitative estimate of drug-likeness (QED) is 0.700. The van der Waals surface area contributed by atoms with E-state index in [1.807, 2.05) is 22.7 Å². The molecule has 1 saturated heterocycles. The highest BCUT2D eigenvalue weighted by Crippen LogP contribution is 2.34. The molecular weight excluding hydrogens is 364 g/mol. The topological polar surface area (TPSA) is 110 Å². The van der Waals surface area contributed by atoms with Crippen molar-refractivity contribution in [2.24, 2.45) is 7.05 Å². The van der Waals surface area contributed by atoms with Gasteiger partial charge in [0.1, 0.15) is 5.82 Å². The van der Waals surface area contributed by atoms with Crippen LogP contribution in [0.3, 0.4) is 0 Å². The van der Waals surface area contributed by atoms with Crippen LogP contribution >= 0.6 is 0 Å². The van der Waals surface area contributed by atoms with E-state index in [0.717, 1.165) is 12.4 Å². The summed E-state index contributed by atoms with van der Waals surface area (Å²) < 4.78 is 12.5. The van der Waals surface area contributed by atoms with Crippen molar-refractivity contribution >= 4 is 17.6 Å². The number of nitrogens with zero attached hydrogens (tertiary/aromatic N) is 3. The summed E-state index contributed by atoms with van der Waals surface area (Å²) >= 11 is 0. The first-order chi connectivity index (χ1) is 13.6. The minimum absolute atomic E-state index is 0.0311. The number of nitrogens with one attached hydrogen (secondary N) is 3. The second-order valence-corrected chi connectivity index (χ2v) is 6.66. The molecule has 3 amide bonds. The molecule has 1 aromatic carbocycles. The summed E-state index contributed by atoms with van der Waals surface area (Å²) in [5.41, 5.74) is 0.516. The van der Waals surface area contributed by atoms with Crippen molar-refractivity contribution < 1.29 is 19.1 Å². The molecule has 28 heavy (non-hydrogen) atoms. The van der Waals surface area contributed by atoms with E-state index in [9.17, 15) is 9.59 Å². The van der Waals surface area contributed by atoms with Gasteiger partial charge in [0.05, 0.1) is 12.6 Å². The first-order valence-electron chi connectivity index (χ1n) is 9.02. The molecule has 1 fully saturated rings. The van der Waals surface area contributed by atoms with Gasteiger partial charge < -0.3 is 24.7 Å². The van der Waals surface area contributed by atoms with Crippen LogP contribution in [0.1, 0.15) is 11.9 Å². The van der Waals surface area contributed by atoms with Crippen LogP contribution in [0.2, 0.25) is 0 Å². The minimum atomic E-state index is -0.590. The lowest BCUT2D eigenvalue weighted by atomic mass is 10.1. The second kappa shape index (κ2) is 7.87. The number of ether oxygens (including phenoxy) is 2. The Hall–Kier alpha value is -3.11. The van der Waals surface area contributed by atoms with E-state index in [1.165, 1.54) is 0 Å². The highest BCUT2D eigenvalue weighted by Gasteiger charge is 2.28. The molecule has 0 radical (unpaired) electrons. The summed E-state index contributed by atoms with van der Waals surface area (Å²) in [5.74, 6) is 1.69. The van der Waals surface area contributed by atoms with E-state index >= 15 is 0 Å².